The molecule has 0 aromatic rings. The third-order valence-electron chi connectivity index (χ3n) is 8.27. The van der Waals surface area contributed by atoms with Crippen LogP contribution in [0.1, 0.15) is 200 Å². The van der Waals surface area contributed by atoms with Gasteiger partial charge in [-0.05, 0) is 0 Å². The van der Waals surface area contributed by atoms with Crippen molar-refractivity contribution in [3.8, 4) is 0 Å². The first-order valence-corrected chi connectivity index (χ1v) is 23.3. The van der Waals surface area contributed by atoms with Gasteiger partial charge in [0.1, 0.15) is 0 Å². The molecule has 0 fully saturated rings. The van der Waals surface area contributed by atoms with Gasteiger partial charge in [-0.1, -0.05) is 129 Å². The van der Waals surface area contributed by atoms with Crippen molar-refractivity contribution in [1.29, 1.82) is 0 Å². The number of rotatable bonds is 31. The van der Waals surface area contributed by atoms with Crippen LogP contribution in [0, 0.1) is 0 Å². The van der Waals surface area contributed by atoms with Crippen LogP contribution < -0.4 is 0 Å². The van der Waals surface area contributed by atoms with Crippen LogP contribution >= 0.6 is 20.8 Å². The molecule has 0 nitrogen and oxygen atoms in total. The molecule has 2 heteroatoms. The Morgan fingerprint density at radius 2 is 0.459 bits per heavy atom. The van der Waals surface area contributed by atoms with E-state index in [0.717, 1.165) is 0 Å². The van der Waals surface area contributed by atoms with Crippen LogP contribution in [0.3, 0.4) is 0 Å². The predicted molar refractivity (Wildman–Crippen MR) is 183 cm³/mol. The van der Waals surface area contributed by atoms with Gasteiger partial charge in [0.15, 0.2) is 0 Å². The Hall–Kier alpha value is 0.910. The first kappa shape index (κ1) is 37.9. The van der Waals surface area contributed by atoms with E-state index in [4.69, 9.17) is 0 Å². The van der Waals surface area contributed by atoms with Gasteiger partial charge in [0.25, 0.3) is 0 Å². The van der Waals surface area contributed by atoms with Crippen LogP contribution in [-0.4, -0.2) is 26.2 Å². The second kappa shape index (κ2) is 27.1. The molecule has 0 rings (SSSR count). The molecular formula is C35H74BrP. The molecule has 37 heavy (non-hydrogen) atoms. The Balaban J connectivity index is 3.07. The van der Waals surface area contributed by atoms with Gasteiger partial charge in [-0.15, -0.1) is 0 Å². The Kier molecular flexibility index (Phi) is 27.8. The fourth-order valence-corrected chi connectivity index (χ4v) is 7.71. The van der Waals surface area contributed by atoms with Crippen molar-refractivity contribution in [2.45, 2.75) is 200 Å². The fraction of sp³-hybridized carbons (Fsp3) is 1.00. The van der Waals surface area contributed by atoms with Crippen molar-refractivity contribution in [2.24, 2.45) is 0 Å². The molecule has 0 aliphatic heterocycles. The first-order chi connectivity index (χ1) is 17.8. The van der Waals surface area contributed by atoms with Crippen molar-refractivity contribution in [1.82, 2.24) is 0 Å². The molecule has 0 unspecified atom stereocenters. The van der Waals surface area contributed by atoms with Crippen LogP contribution in [0.2, 0.25) is 0 Å². The Bertz CT molecular complexity index is 429. The average molecular weight is 606 g/mol. The van der Waals surface area contributed by atoms with Gasteiger partial charge in [-0.25, -0.2) is 0 Å². The summed E-state index contributed by atoms with van der Waals surface area (Å²) in [6.07, 6.45) is 45.7. The molecule has 0 amide bonds. The Morgan fingerprint density at radius 3 is 0.622 bits per heavy atom. The van der Waals surface area contributed by atoms with E-state index >= 15 is 0 Å². The summed E-state index contributed by atoms with van der Waals surface area (Å²) in [6, 6.07) is 0. The van der Waals surface area contributed by atoms with Crippen LogP contribution in [-0.2, 0) is 0 Å². The number of unbranched alkanes of at least 4 members (excludes halogenated alkanes) is 29. The standard InChI is InChI=1S/C35H74BrP/c1-5-6-7-8-9-10-11-12-13-14-15-16-17-18-19-20-21-22-23-24-25-26-27-28-29-30-31-32-33-34-35-37(2,3,4)36/h5-35H2,1-4H3. The summed E-state index contributed by atoms with van der Waals surface area (Å²) < 4.78 is 0. The Labute approximate surface area is 245 Å². The molecular weight excluding hydrogens is 531 g/mol. The quantitative estimate of drug-likeness (QED) is 0.0545. The maximum absolute atomic E-state index is 3.98. The summed E-state index contributed by atoms with van der Waals surface area (Å²) >= 11 is 3.98. The zero-order valence-electron chi connectivity index (χ0n) is 26.7. The second-order valence-electron chi connectivity index (χ2n) is 13.9. The van der Waals surface area contributed by atoms with Gasteiger partial charge in [0, 0.05) is 0 Å². The molecule has 0 aliphatic rings. The number of hydrogen-bond donors (Lipinski definition) is 0. The van der Waals surface area contributed by atoms with Crippen LogP contribution in [0.4, 0.5) is 0 Å². The fourth-order valence-electron chi connectivity index (χ4n) is 5.67. The molecule has 0 N–H and O–H groups in total. The normalized spacial score (nSPS) is 13.2. The molecule has 0 saturated heterocycles. The molecule has 0 heterocycles. The van der Waals surface area contributed by atoms with E-state index in [9.17, 15) is 0 Å². The van der Waals surface area contributed by atoms with E-state index < -0.39 is 5.31 Å². The molecule has 0 radical (unpaired) electrons. The van der Waals surface area contributed by atoms with E-state index in [1.54, 1.807) is 0 Å². The summed E-state index contributed by atoms with van der Waals surface area (Å²) in [7, 11) is 0. The monoisotopic (exact) mass is 604 g/mol. The van der Waals surface area contributed by atoms with E-state index in [1.807, 2.05) is 0 Å². The summed E-state index contributed by atoms with van der Waals surface area (Å²) in [5, 5.41) is -1.43. The van der Waals surface area contributed by atoms with E-state index in [0.29, 0.717) is 0 Å². The molecule has 226 valence electrons. The molecule has 0 saturated carbocycles. The van der Waals surface area contributed by atoms with Gasteiger partial charge in [0.05, 0.1) is 0 Å². The summed E-state index contributed by atoms with van der Waals surface area (Å²) in [5.41, 5.74) is 0. The first-order valence-electron chi connectivity index (χ1n) is 17.5. The molecule has 0 bridgehead atoms. The minimum absolute atomic E-state index is 1.37. The van der Waals surface area contributed by atoms with Crippen LogP contribution in [0.25, 0.3) is 0 Å². The van der Waals surface area contributed by atoms with Gasteiger partial charge >= 0.3 is 118 Å². The van der Waals surface area contributed by atoms with Gasteiger partial charge in [-0.3, -0.25) is 0 Å². The third kappa shape index (κ3) is 36.9. The van der Waals surface area contributed by atoms with E-state index in [-0.39, 0.29) is 0 Å². The maximum atomic E-state index is 3.98. The second-order valence-corrected chi connectivity index (χ2v) is 28.1. The SMILES string of the molecule is CCCCCCCCCCCCCCCCCCCCCCCCCCCCCCCCP(C)(C)(C)Br. The average Bonchev–Trinajstić information content (AvgIpc) is 2.84. The number of hydrogen-bond acceptors (Lipinski definition) is 0. The molecule has 0 spiro atoms. The topological polar surface area (TPSA) is 0 Å². The molecule has 0 aromatic carbocycles. The van der Waals surface area contributed by atoms with Gasteiger partial charge in [-0.2, -0.15) is 0 Å². The zero-order chi connectivity index (χ0) is 27.4. The minimum atomic E-state index is -1.43. The van der Waals surface area contributed by atoms with Crippen molar-refractivity contribution < 1.29 is 0 Å². The third-order valence-corrected chi connectivity index (χ3v) is 11.2. The van der Waals surface area contributed by atoms with Crippen molar-refractivity contribution >= 4 is 20.8 Å². The van der Waals surface area contributed by atoms with Crippen molar-refractivity contribution in [3.63, 3.8) is 0 Å². The Morgan fingerprint density at radius 1 is 0.297 bits per heavy atom. The summed E-state index contributed by atoms with van der Waals surface area (Å²) in [5.74, 6) is 0. The van der Waals surface area contributed by atoms with Crippen molar-refractivity contribution in [3.05, 3.63) is 0 Å². The van der Waals surface area contributed by atoms with Gasteiger partial charge < -0.3 is 0 Å². The molecule has 0 aliphatic carbocycles. The molecule has 0 aromatic heterocycles. The zero-order valence-corrected chi connectivity index (χ0v) is 29.2. The summed E-state index contributed by atoms with van der Waals surface area (Å²) in [4.78, 5) is 0. The van der Waals surface area contributed by atoms with E-state index in [1.165, 1.54) is 199 Å². The van der Waals surface area contributed by atoms with Crippen LogP contribution in [0.15, 0.2) is 0 Å². The number of halogens is 1. The van der Waals surface area contributed by atoms with Crippen molar-refractivity contribution in [2.75, 3.05) is 26.2 Å². The predicted octanol–water partition coefficient (Wildman–Crippen LogP) is 14.5. The molecule has 0 atom stereocenters. The van der Waals surface area contributed by atoms with Gasteiger partial charge in [0.2, 0.25) is 0 Å². The summed E-state index contributed by atoms with van der Waals surface area (Å²) in [6.45, 7) is 9.62. The van der Waals surface area contributed by atoms with Crippen LogP contribution in [0.5, 0.6) is 0 Å². The van der Waals surface area contributed by atoms with E-state index in [2.05, 4.69) is 42.4 Å².